The van der Waals surface area contributed by atoms with Gasteiger partial charge in [0.1, 0.15) is 6.61 Å². The lowest BCUT2D eigenvalue weighted by Crippen LogP contribution is -2.46. The maximum atomic E-state index is 12.9. The molecular formula is C22H27ClN2O4. The highest BCUT2D eigenvalue weighted by molar-refractivity contribution is 6.30. The molecule has 1 aliphatic carbocycles. The van der Waals surface area contributed by atoms with Crippen molar-refractivity contribution in [2.75, 3.05) is 27.4 Å². The number of hydrogen-bond acceptors (Lipinski definition) is 5. The molecule has 1 heterocycles. The summed E-state index contributed by atoms with van der Waals surface area (Å²) in [6.45, 7) is 0.817. The Balaban J connectivity index is 1.84. The van der Waals surface area contributed by atoms with E-state index in [1.165, 1.54) is 0 Å². The van der Waals surface area contributed by atoms with Crippen LogP contribution in [0.15, 0.2) is 36.5 Å². The third kappa shape index (κ3) is 5.69. The number of nitrogens with one attached hydrogen (secondary N) is 1. The zero-order valence-corrected chi connectivity index (χ0v) is 17.6. The molecule has 7 heteroatoms. The minimum atomic E-state index is -0.162. The predicted molar refractivity (Wildman–Crippen MR) is 113 cm³/mol. The van der Waals surface area contributed by atoms with Crippen molar-refractivity contribution in [3.8, 4) is 17.0 Å². The molecule has 1 aromatic carbocycles. The molecule has 0 bridgehead atoms. The van der Waals surface area contributed by atoms with Crippen molar-refractivity contribution >= 4 is 17.5 Å². The standard InChI is InChI=1S/C22H27ClN2O4/c1-27-11-12-29-22-18(15-7-9-17(23)10-8-15)13-16(14-24-22)21(26)25-19-5-3-4-6-20(19)28-2/h7-10,13-14,19-20H,3-6,11-12H2,1-2H3,(H,25,26)/t19-,20-/m1/s1. The fourth-order valence-corrected chi connectivity index (χ4v) is 3.67. The van der Waals surface area contributed by atoms with E-state index in [1.54, 1.807) is 38.6 Å². The summed E-state index contributed by atoms with van der Waals surface area (Å²) in [6, 6.07) is 9.18. The lowest BCUT2D eigenvalue weighted by Gasteiger charge is -2.31. The van der Waals surface area contributed by atoms with E-state index in [2.05, 4.69) is 10.3 Å². The Hall–Kier alpha value is -2.15. The van der Waals surface area contributed by atoms with Gasteiger partial charge in [0.25, 0.3) is 5.91 Å². The number of halogens is 1. The average Bonchev–Trinajstić information content (AvgIpc) is 2.75. The SMILES string of the molecule is COCCOc1ncc(C(=O)N[C@@H]2CCCC[C@H]2OC)cc1-c1ccc(Cl)cc1. The number of carbonyl (C=O) groups excluding carboxylic acids is 1. The van der Waals surface area contributed by atoms with E-state index in [0.29, 0.717) is 29.7 Å². The summed E-state index contributed by atoms with van der Waals surface area (Å²) in [5, 5.41) is 3.75. The molecule has 1 amide bonds. The smallest absolute Gasteiger partial charge is 0.253 e. The monoisotopic (exact) mass is 418 g/mol. The van der Waals surface area contributed by atoms with Crippen molar-refractivity contribution in [3.05, 3.63) is 47.1 Å². The third-order valence-electron chi connectivity index (χ3n) is 5.12. The molecule has 0 radical (unpaired) electrons. The molecule has 1 saturated carbocycles. The first-order chi connectivity index (χ1) is 14.1. The summed E-state index contributed by atoms with van der Waals surface area (Å²) >= 11 is 6.02. The summed E-state index contributed by atoms with van der Waals surface area (Å²) in [4.78, 5) is 17.3. The lowest BCUT2D eigenvalue weighted by molar-refractivity contribution is 0.0392. The molecule has 156 valence electrons. The van der Waals surface area contributed by atoms with Gasteiger partial charge in [-0.15, -0.1) is 0 Å². The first kappa shape index (κ1) is 21.6. The van der Waals surface area contributed by atoms with E-state index >= 15 is 0 Å². The summed E-state index contributed by atoms with van der Waals surface area (Å²) in [5.41, 5.74) is 2.09. The number of pyridine rings is 1. The number of carbonyl (C=O) groups is 1. The Bertz CT molecular complexity index is 813. The van der Waals surface area contributed by atoms with Gasteiger partial charge in [-0.3, -0.25) is 4.79 Å². The van der Waals surface area contributed by atoms with Gasteiger partial charge in [-0.2, -0.15) is 0 Å². The topological polar surface area (TPSA) is 69.7 Å². The van der Waals surface area contributed by atoms with Crippen LogP contribution < -0.4 is 10.1 Å². The molecular weight excluding hydrogens is 392 g/mol. The van der Waals surface area contributed by atoms with Crippen LogP contribution in [0.25, 0.3) is 11.1 Å². The first-order valence-corrected chi connectivity index (χ1v) is 10.2. The van der Waals surface area contributed by atoms with Crippen LogP contribution >= 0.6 is 11.6 Å². The minimum Gasteiger partial charge on any atom is -0.475 e. The number of methoxy groups -OCH3 is 2. The van der Waals surface area contributed by atoms with Gasteiger partial charge in [-0.25, -0.2) is 4.98 Å². The van der Waals surface area contributed by atoms with Crippen LogP contribution in [-0.2, 0) is 9.47 Å². The number of hydrogen-bond donors (Lipinski definition) is 1. The largest absolute Gasteiger partial charge is 0.475 e. The summed E-state index contributed by atoms with van der Waals surface area (Å²) < 4.78 is 16.4. The van der Waals surface area contributed by atoms with Gasteiger partial charge in [0.05, 0.1) is 24.3 Å². The van der Waals surface area contributed by atoms with Crippen molar-refractivity contribution in [1.29, 1.82) is 0 Å². The maximum Gasteiger partial charge on any atom is 0.253 e. The summed E-state index contributed by atoms with van der Waals surface area (Å²) in [6.07, 6.45) is 5.68. The van der Waals surface area contributed by atoms with Crippen LogP contribution in [0.3, 0.4) is 0 Å². The third-order valence-corrected chi connectivity index (χ3v) is 5.37. The molecule has 1 aliphatic rings. The zero-order valence-electron chi connectivity index (χ0n) is 16.8. The summed E-state index contributed by atoms with van der Waals surface area (Å²) in [7, 11) is 3.31. The second-order valence-electron chi connectivity index (χ2n) is 7.06. The van der Waals surface area contributed by atoms with E-state index in [0.717, 1.165) is 36.8 Å². The Kier molecular flexibility index (Phi) is 7.86. The van der Waals surface area contributed by atoms with Crippen LogP contribution in [0.2, 0.25) is 5.02 Å². The molecule has 2 aromatic rings. The number of ether oxygens (including phenoxy) is 3. The Morgan fingerprint density at radius 1 is 1.17 bits per heavy atom. The highest BCUT2D eigenvalue weighted by atomic mass is 35.5. The number of aromatic nitrogens is 1. The second kappa shape index (κ2) is 10.6. The van der Waals surface area contributed by atoms with Crippen molar-refractivity contribution in [1.82, 2.24) is 10.3 Å². The molecule has 0 spiro atoms. The molecule has 1 aromatic heterocycles. The van der Waals surface area contributed by atoms with Gasteiger partial charge < -0.3 is 19.5 Å². The normalized spacial score (nSPS) is 19.0. The van der Waals surface area contributed by atoms with Gasteiger partial charge in [0.15, 0.2) is 0 Å². The Morgan fingerprint density at radius 2 is 1.93 bits per heavy atom. The van der Waals surface area contributed by atoms with Crippen LogP contribution in [0.4, 0.5) is 0 Å². The Labute approximate surface area is 176 Å². The zero-order chi connectivity index (χ0) is 20.6. The van der Waals surface area contributed by atoms with Gasteiger partial charge in [-0.05, 0) is 36.6 Å². The van der Waals surface area contributed by atoms with E-state index in [1.807, 2.05) is 12.1 Å². The first-order valence-electron chi connectivity index (χ1n) is 9.83. The molecule has 3 rings (SSSR count). The number of nitrogens with zero attached hydrogens (tertiary/aromatic N) is 1. The minimum absolute atomic E-state index is 0.0119. The quantitative estimate of drug-likeness (QED) is 0.653. The van der Waals surface area contributed by atoms with E-state index in [4.69, 9.17) is 25.8 Å². The molecule has 1 fully saturated rings. The van der Waals surface area contributed by atoms with Crippen LogP contribution in [-0.4, -0.2) is 50.5 Å². The highest BCUT2D eigenvalue weighted by Crippen LogP contribution is 2.30. The molecule has 0 unspecified atom stereocenters. The number of rotatable bonds is 8. The van der Waals surface area contributed by atoms with Gasteiger partial charge in [0.2, 0.25) is 5.88 Å². The van der Waals surface area contributed by atoms with Crippen molar-refractivity contribution in [3.63, 3.8) is 0 Å². The molecule has 0 saturated heterocycles. The van der Waals surface area contributed by atoms with Crippen LogP contribution in [0.5, 0.6) is 5.88 Å². The molecule has 0 aliphatic heterocycles. The number of amides is 1. The summed E-state index contributed by atoms with van der Waals surface area (Å²) in [5.74, 6) is 0.290. The number of benzene rings is 1. The lowest BCUT2D eigenvalue weighted by atomic mass is 9.92. The molecule has 1 N–H and O–H groups in total. The van der Waals surface area contributed by atoms with Gasteiger partial charge in [-0.1, -0.05) is 36.6 Å². The van der Waals surface area contributed by atoms with Crippen LogP contribution in [0.1, 0.15) is 36.0 Å². The van der Waals surface area contributed by atoms with E-state index in [-0.39, 0.29) is 18.1 Å². The predicted octanol–water partition coefficient (Wildman–Crippen LogP) is 4.11. The molecule has 2 atom stereocenters. The van der Waals surface area contributed by atoms with Gasteiger partial charge >= 0.3 is 0 Å². The molecule has 29 heavy (non-hydrogen) atoms. The fourth-order valence-electron chi connectivity index (χ4n) is 3.55. The van der Waals surface area contributed by atoms with Crippen molar-refractivity contribution in [2.45, 2.75) is 37.8 Å². The molecule has 6 nitrogen and oxygen atoms in total. The maximum absolute atomic E-state index is 12.9. The van der Waals surface area contributed by atoms with E-state index in [9.17, 15) is 4.79 Å². The van der Waals surface area contributed by atoms with Crippen molar-refractivity contribution < 1.29 is 19.0 Å². The van der Waals surface area contributed by atoms with Crippen LogP contribution in [0, 0.1) is 0 Å². The van der Waals surface area contributed by atoms with E-state index < -0.39 is 0 Å². The second-order valence-corrected chi connectivity index (χ2v) is 7.50. The van der Waals surface area contributed by atoms with Crippen molar-refractivity contribution in [2.24, 2.45) is 0 Å². The average molecular weight is 419 g/mol. The van der Waals surface area contributed by atoms with Gasteiger partial charge in [0, 0.05) is 31.0 Å². The highest BCUT2D eigenvalue weighted by Gasteiger charge is 2.27. The Morgan fingerprint density at radius 3 is 2.66 bits per heavy atom. The fraction of sp³-hybridized carbons (Fsp3) is 0.455.